The molecule has 0 rings (SSSR count). The zero-order valence-electron chi connectivity index (χ0n) is 9.61. The third kappa shape index (κ3) is 8.84. The lowest BCUT2D eigenvalue weighted by molar-refractivity contribution is -0.817. The lowest BCUT2D eigenvalue weighted by Gasteiger charge is -2.17. The number of nitrogens with zero attached hydrogens (tertiary/aromatic N) is 1. The van der Waals surface area contributed by atoms with E-state index >= 15 is 0 Å². The van der Waals surface area contributed by atoms with Gasteiger partial charge in [-0.25, -0.2) is 4.57 Å². The van der Waals surface area contributed by atoms with E-state index in [-0.39, 0.29) is 0 Å². The van der Waals surface area contributed by atoms with Crippen LogP contribution in [0.5, 0.6) is 0 Å². The third-order valence-electron chi connectivity index (χ3n) is 1.34. The summed E-state index contributed by atoms with van der Waals surface area (Å²) in [5, 5.41) is 17.3. The van der Waals surface area contributed by atoms with Crippen molar-refractivity contribution in [2.75, 3.05) is 34.4 Å². The van der Waals surface area contributed by atoms with Crippen molar-refractivity contribution in [3.05, 3.63) is 12.5 Å². The minimum Gasteiger partial charge on any atom is -0.406 e. The predicted molar refractivity (Wildman–Crippen MR) is 57.1 cm³/mol. The maximum absolute atomic E-state index is 11.2. The zero-order chi connectivity index (χ0) is 12.8. The molecular weight excluding hydrogens is 237 g/mol. The Morgan fingerprint density at radius 1 is 1.44 bits per heavy atom. The van der Waals surface area contributed by atoms with Gasteiger partial charge in [-0.2, -0.15) is 0 Å². The van der Waals surface area contributed by atoms with Crippen molar-refractivity contribution in [3.8, 4) is 0 Å². The number of rotatable bonds is 7. The van der Waals surface area contributed by atoms with Crippen LogP contribution in [-0.4, -0.2) is 60.1 Å². The number of phosphoric acid groups is 1. The number of aliphatic hydroxyl groups is 2. The minimum absolute atomic E-state index is 0.416. The van der Waals surface area contributed by atoms with E-state index in [0.29, 0.717) is 4.48 Å². The summed E-state index contributed by atoms with van der Waals surface area (Å²) in [6.45, 7) is -1.02. The van der Waals surface area contributed by atoms with Crippen LogP contribution in [0, 0.1) is 0 Å². The van der Waals surface area contributed by atoms with Crippen molar-refractivity contribution in [1.82, 2.24) is 0 Å². The van der Waals surface area contributed by atoms with Gasteiger partial charge in [-0.1, -0.05) is 0 Å². The molecule has 0 saturated heterocycles. The van der Waals surface area contributed by atoms with Crippen LogP contribution >= 0.6 is 7.82 Å². The molecule has 0 aliphatic carbocycles. The van der Waals surface area contributed by atoms with E-state index in [9.17, 15) is 4.57 Å². The number of quaternary nitrogens is 1. The molecule has 0 saturated carbocycles. The minimum atomic E-state index is -4.21. The molecule has 16 heavy (non-hydrogen) atoms. The van der Waals surface area contributed by atoms with Crippen molar-refractivity contribution >= 4 is 7.82 Å². The maximum Gasteiger partial charge on any atom is 0.527 e. The first-order valence-corrected chi connectivity index (χ1v) is 6.09. The quantitative estimate of drug-likeness (QED) is 0.327. The van der Waals surface area contributed by atoms with Gasteiger partial charge in [0.2, 0.25) is 0 Å². The summed E-state index contributed by atoms with van der Waals surface area (Å²) < 4.78 is 20.5. The Morgan fingerprint density at radius 3 is 2.44 bits per heavy atom. The SMILES string of the molecule is C[N+](C)(C)C=COP(=O)(O)OC[C@@H](O)CO. The van der Waals surface area contributed by atoms with Crippen LogP contribution in [-0.2, 0) is 13.6 Å². The van der Waals surface area contributed by atoms with Gasteiger partial charge in [-0.3, -0.25) is 9.42 Å². The Kier molecular flexibility index (Phi) is 6.17. The van der Waals surface area contributed by atoms with E-state index in [1.54, 1.807) is 0 Å². The molecule has 0 aromatic heterocycles. The molecule has 0 aliphatic heterocycles. The summed E-state index contributed by atoms with van der Waals surface area (Å²) in [6.07, 6.45) is 1.40. The molecular formula is C8H19NO6P+. The standard InChI is InChI=1S/C8H18NO6P/c1-9(2,3)4-5-14-16(12,13)15-7-8(11)6-10/h4-5,8,10-11H,6-7H2,1-3H3/p+1/t8-/m0/s1. The Bertz CT molecular complexity index is 274. The van der Waals surface area contributed by atoms with E-state index in [1.165, 1.54) is 6.20 Å². The normalized spacial score (nSPS) is 18.4. The fourth-order valence-electron chi connectivity index (χ4n) is 0.550. The van der Waals surface area contributed by atoms with Crippen molar-refractivity contribution in [2.45, 2.75) is 6.10 Å². The van der Waals surface area contributed by atoms with Gasteiger partial charge in [0.1, 0.15) is 18.6 Å². The zero-order valence-corrected chi connectivity index (χ0v) is 10.5. The number of hydrogen-bond acceptors (Lipinski definition) is 5. The van der Waals surface area contributed by atoms with Crippen molar-refractivity contribution in [3.63, 3.8) is 0 Å². The summed E-state index contributed by atoms with van der Waals surface area (Å²) in [5.74, 6) is 0. The Hall–Kier alpha value is -0.430. The molecule has 0 aromatic carbocycles. The fraction of sp³-hybridized carbons (Fsp3) is 0.750. The lowest BCUT2D eigenvalue weighted by Crippen LogP contribution is -2.26. The second-order valence-electron chi connectivity index (χ2n) is 4.11. The highest BCUT2D eigenvalue weighted by Gasteiger charge is 2.22. The molecule has 0 bridgehead atoms. The first-order chi connectivity index (χ1) is 7.16. The molecule has 0 heterocycles. The summed E-state index contributed by atoms with van der Waals surface area (Å²) in [7, 11) is 1.28. The predicted octanol–water partition coefficient (Wildman–Crippen LogP) is -0.349. The highest BCUT2D eigenvalue weighted by Crippen LogP contribution is 2.43. The molecule has 0 amide bonds. The first-order valence-electron chi connectivity index (χ1n) is 4.60. The van der Waals surface area contributed by atoms with Crippen LogP contribution in [0.2, 0.25) is 0 Å². The van der Waals surface area contributed by atoms with Crippen molar-refractivity contribution in [2.24, 2.45) is 0 Å². The maximum atomic E-state index is 11.2. The Labute approximate surface area is 94.7 Å². The Morgan fingerprint density at radius 2 is 2.00 bits per heavy atom. The van der Waals surface area contributed by atoms with E-state index in [4.69, 9.17) is 15.1 Å². The number of aliphatic hydroxyl groups excluding tert-OH is 2. The van der Waals surface area contributed by atoms with Crippen LogP contribution in [0.3, 0.4) is 0 Å². The van der Waals surface area contributed by atoms with Crippen LogP contribution in [0.15, 0.2) is 12.5 Å². The molecule has 7 nitrogen and oxygen atoms in total. The van der Waals surface area contributed by atoms with Crippen LogP contribution in [0.4, 0.5) is 0 Å². The van der Waals surface area contributed by atoms with Gasteiger partial charge in [-0.15, -0.1) is 0 Å². The van der Waals surface area contributed by atoms with E-state index in [0.717, 1.165) is 6.26 Å². The first kappa shape index (κ1) is 15.6. The van der Waals surface area contributed by atoms with Gasteiger partial charge in [0.15, 0.2) is 0 Å². The number of phosphoric ester groups is 1. The second kappa shape index (κ2) is 6.34. The summed E-state index contributed by atoms with van der Waals surface area (Å²) in [5.41, 5.74) is 0. The van der Waals surface area contributed by atoms with Gasteiger partial charge in [0.05, 0.1) is 34.4 Å². The topological polar surface area (TPSA) is 96.2 Å². The van der Waals surface area contributed by atoms with Crippen molar-refractivity contribution < 1.29 is 33.2 Å². The van der Waals surface area contributed by atoms with Gasteiger partial charge in [-0.05, 0) is 0 Å². The number of hydrogen-bond donors (Lipinski definition) is 3. The van der Waals surface area contributed by atoms with Crippen LogP contribution < -0.4 is 0 Å². The molecule has 96 valence electrons. The third-order valence-corrected chi connectivity index (χ3v) is 2.21. The van der Waals surface area contributed by atoms with Gasteiger partial charge >= 0.3 is 7.82 Å². The molecule has 0 spiro atoms. The molecule has 0 radical (unpaired) electrons. The molecule has 8 heteroatoms. The fourth-order valence-corrected chi connectivity index (χ4v) is 1.18. The lowest BCUT2D eigenvalue weighted by atomic mass is 10.4. The molecule has 2 atom stereocenters. The smallest absolute Gasteiger partial charge is 0.406 e. The van der Waals surface area contributed by atoms with E-state index < -0.39 is 27.1 Å². The van der Waals surface area contributed by atoms with Gasteiger partial charge < -0.3 is 19.2 Å². The van der Waals surface area contributed by atoms with Crippen LogP contribution in [0.25, 0.3) is 0 Å². The van der Waals surface area contributed by atoms with E-state index in [2.05, 4.69) is 9.05 Å². The average Bonchev–Trinajstić information content (AvgIpc) is 2.12. The highest BCUT2D eigenvalue weighted by atomic mass is 31.2. The van der Waals surface area contributed by atoms with Crippen LogP contribution in [0.1, 0.15) is 0 Å². The van der Waals surface area contributed by atoms with E-state index in [1.807, 2.05) is 21.1 Å². The molecule has 0 aromatic rings. The summed E-state index contributed by atoms with van der Waals surface area (Å²) >= 11 is 0. The summed E-state index contributed by atoms with van der Waals surface area (Å²) in [4.78, 5) is 9.12. The highest BCUT2D eigenvalue weighted by molar-refractivity contribution is 7.47. The second-order valence-corrected chi connectivity index (χ2v) is 5.51. The van der Waals surface area contributed by atoms with Gasteiger partial charge in [0.25, 0.3) is 0 Å². The average molecular weight is 256 g/mol. The van der Waals surface area contributed by atoms with Crippen molar-refractivity contribution in [1.29, 1.82) is 0 Å². The Balaban J connectivity index is 4.06. The largest absolute Gasteiger partial charge is 0.527 e. The molecule has 0 aliphatic rings. The van der Waals surface area contributed by atoms with Gasteiger partial charge in [0, 0.05) is 0 Å². The monoisotopic (exact) mass is 256 g/mol. The summed E-state index contributed by atoms with van der Waals surface area (Å²) in [6, 6.07) is 0. The molecule has 1 unspecified atom stereocenters. The molecule has 3 N–H and O–H groups in total. The molecule has 0 fully saturated rings.